The lowest BCUT2D eigenvalue weighted by Crippen LogP contribution is -2.35. The number of thiazole rings is 1. The standard InChI is InChI=1S/C28H28ClFN4S/c1-5-17(3)19-14-24-25(23-9-7-20(32-23)13-18(4)30)26(21-8-6-16(2)12-22(21)29)33-27(34(24)15-19)28-31-10-11-35-28/h5-13,17-19,26H,1,14-15H2,2-4H3/b20-13+/t17-,18?,19+,26+/m1/s1. The SMILES string of the molecule is C=C[C@@H](C)[C@H]1CC2=C(C3=N/C(=C/C(C)F)C=C3)[C@H](c3ccc(C)cc3Cl)N=C(c3nccs3)N2C1. The molecule has 5 rings (SSSR count). The molecule has 0 N–H and O–H groups in total. The van der Waals surface area contributed by atoms with Crippen LogP contribution in [0.25, 0.3) is 0 Å². The average Bonchev–Trinajstić information content (AvgIpc) is 3.58. The van der Waals surface area contributed by atoms with Gasteiger partial charge in [0.2, 0.25) is 0 Å². The van der Waals surface area contributed by atoms with Crippen molar-refractivity contribution in [2.24, 2.45) is 21.8 Å². The highest BCUT2D eigenvalue weighted by Crippen LogP contribution is 2.46. The lowest BCUT2D eigenvalue weighted by Gasteiger charge is -2.33. The van der Waals surface area contributed by atoms with Crippen molar-refractivity contribution in [2.45, 2.75) is 39.4 Å². The van der Waals surface area contributed by atoms with Crippen molar-refractivity contribution in [1.82, 2.24) is 9.88 Å². The molecule has 0 amide bonds. The van der Waals surface area contributed by atoms with Crippen LogP contribution in [0.15, 0.2) is 87.6 Å². The van der Waals surface area contributed by atoms with E-state index in [9.17, 15) is 4.39 Å². The van der Waals surface area contributed by atoms with E-state index in [1.165, 1.54) is 18.7 Å². The van der Waals surface area contributed by atoms with Crippen LogP contribution >= 0.6 is 22.9 Å². The predicted molar refractivity (Wildman–Crippen MR) is 144 cm³/mol. The Morgan fingerprint density at radius 2 is 2.11 bits per heavy atom. The van der Waals surface area contributed by atoms with Crippen LogP contribution in [0.1, 0.15) is 42.4 Å². The third-order valence-electron chi connectivity index (χ3n) is 6.82. The molecule has 4 heterocycles. The monoisotopic (exact) mass is 506 g/mol. The maximum atomic E-state index is 13.7. The molecule has 3 aliphatic heterocycles. The van der Waals surface area contributed by atoms with E-state index in [0.717, 1.165) is 46.2 Å². The molecule has 0 saturated carbocycles. The van der Waals surface area contributed by atoms with Crippen molar-refractivity contribution in [1.29, 1.82) is 0 Å². The minimum atomic E-state index is -1.07. The largest absolute Gasteiger partial charge is 0.327 e. The molecular weight excluding hydrogens is 479 g/mol. The number of fused-ring (bicyclic) bond motifs is 1. The van der Waals surface area contributed by atoms with E-state index in [-0.39, 0.29) is 6.04 Å². The highest BCUT2D eigenvalue weighted by Gasteiger charge is 2.42. The van der Waals surface area contributed by atoms with Gasteiger partial charge in [-0.15, -0.1) is 17.9 Å². The number of aliphatic imine (C=N–C) groups is 2. The summed E-state index contributed by atoms with van der Waals surface area (Å²) in [5, 5.41) is 3.54. The summed E-state index contributed by atoms with van der Waals surface area (Å²) in [7, 11) is 0. The number of rotatable bonds is 6. The summed E-state index contributed by atoms with van der Waals surface area (Å²) in [4.78, 5) is 17.0. The van der Waals surface area contributed by atoms with Gasteiger partial charge in [-0.05, 0) is 67.5 Å². The second-order valence-corrected chi connectivity index (χ2v) is 10.6. The summed E-state index contributed by atoms with van der Waals surface area (Å²) in [6, 6.07) is 5.76. The van der Waals surface area contributed by atoms with Crippen LogP contribution in [0, 0.1) is 18.8 Å². The molecule has 180 valence electrons. The van der Waals surface area contributed by atoms with Crippen LogP contribution in [0.3, 0.4) is 0 Å². The van der Waals surface area contributed by atoms with Crippen LogP contribution in [0.5, 0.6) is 0 Å². The summed E-state index contributed by atoms with van der Waals surface area (Å²) in [5.41, 5.74) is 5.68. The topological polar surface area (TPSA) is 40.9 Å². The number of aromatic nitrogens is 1. The molecule has 3 aliphatic rings. The zero-order chi connectivity index (χ0) is 24.7. The third-order valence-corrected chi connectivity index (χ3v) is 7.91. The fourth-order valence-corrected chi connectivity index (χ4v) is 5.90. The van der Waals surface area contributed by atoms with Gasteiger partial charge in [0.1, 0.15) is 12.2 Å². The smallest absolute Gasteiger partial charge is 0.165 e. The first kappa shape index (κ1) is 23.9. The van der Waals surface area contributed by atoms with E-state index < -0.39 is 6.17 Å². The number of nitrogens with zero attached hydrogens (tertiary/aromatic N) is 4. The highest BCUT2D eigenvalue weighted by molar-refractivity contribution is 7.11. The summed E-state index contributed by atoms with van der Waals surface area (Å²) in [5.74, 6) is 1.61. The van der Waals surface area contributed by atoms with Crippen molar-refractivity contribution in [3.8, 4) is 0 Å². The molecule has 1 aromatic carbocycles. The first-order chi connectivity index (χ1) is 16.9. The molecule has 0 aliphatic carbocycles. The van der Waals surface area contributed by atoms with E-state index in [0.29, 0.717) is 22.6 Å². The van der Waals surface area contributed by atoms with E-state index in [1.54, 1.807) is 11.3 Å². The van der Waals surface area contributed by atoms with Crippen molar-refractivity contribution in [3.63, 3.8) is 0 Å². The summed E-state index contributed by atoms with van der Waals surface area (Å²) in [6.45, 7) is 10.6. The predicted octanol–water partition coefficient (Wildman–Crippen LogP) is 7.26. The first-order valence-corrected chi connectivity index (χ1v) is 13.1. The van der Waals surface area contributed by atoms with E-state index in [4.69, 9.17) is 21.6 Å². The van der Waals surface area contributed by atoms with Crippen LogP contribution < -0.4 is 0 Å². The lowest BCUT2D eigenvalue weighted by molar-refractivity contribution is 0.420. The minimum Gasteiger partial charge on any atom is -0.327 e. The molecule has 1 fully saturated rings. The van der Waals surface area contributed by atoms with Gasteiger partial charge in [-0.1, -0.05) is 36.7 Å². The summed E-state index contributed by atoms with van der Waals surface area (Å²) < 4.78 is 13.7. The number of halogens is 2. The van der Waals surface area contributed by atoms with E-state index in [2.05, 4.69) is 35.5 Å². The minimum absolute atomic E-state index is 0.336. The molecule has 4 atom stereocenters. The zero-order valence-electron chi connectivity index (χ0n) is 20.1. The quantitative estimate of drug-likeness (QED) is 0.387. The molecule has 2 aromatic rings. The Balaban J connectivity index is 1.72. The van der Waals surface area contributed by atoms with Gasteiger partial charge in [-0.25, -0.2) is 14.4 Å². The molecule has 0 spiro atoms. The Morgan fingerprint density at radius 1 is 1.29 bits per heavy atom. The number of alkyl halides is 1. The van der Waals surface area contributed by atoms with Crippen LogP contribution in [0.4, 0.5) is 4.39 Å². The van der Waals surface area contributed by atoms with Crippen molar-refractivity contribution < 1.29 is 4.39 Å². The fraction of sp³-hybridized carbons (Fsp3) is 0.321. The van der Waals surface area contributed by atoms with E-state index in [1.807, 2.05) is 42.8 Å². The van der Waals surface area contributed by atoms with Gasteiger partial charge in [0.05, 0.1) is 11.4 Å². The van der Waals surface area contributed by atoms with Crippen LogP contribution in [0.2, 0.25) is 5.02 Å². The number of allylic oxidation sites excluding steroid dienone is 5. The maximum absolute atomic E-state index is 13.7. The Labute approximate surface area is 215 Å². The number of amidine groups is 1. The van der Waals surface area contributed by atoms with Crippen molar-refractivity contribution >= 4 is 34.5 Å². The van der Waals surface area contributed by atoms with Gasteiger partial charge in [-0.3, -0.25) is 4.99 Å². The van der Waals surface area contributed by atoms with Gasteiger partial charge in [-0.2, -0.15) is 0 Å². The normalized spacial score (nSPS) is 24.5. The second-order valence-electron chi connectivity index (χ2n) is 9.35. The number of benzene rings is 1. The Morgan fingerprint density at radius 3 is 2.80 bits per heavy atom. The molecule has 1 saturated heterocycles. The number of aryl methyl sites for hydroxylation is 1. The molecular formula is C28H28ClFN4S. The Hall–Kier alpha value is -2.83. The molecule has 7 heteroatoms. The molecule has 0 radical (unpaired) electrons. The fourth-order valence-electron chi connectivity index (χ4n) is 4.92. The zero-order valence-corrected chi connectivity index (χ0v) is 21.7. The van der Waals surface area contributed by atoms with Crippen LogP contribution in [-0.4, -0.2) is 34.1 Å². The van der Waals surface area contributed by atoms with Gasteiger partial charge >= 0.3 is 0 Å². The van der Waals surface area contributed by atoms with Gasteiger partial charge in [0, 0.05) is 34.4 Å². The van der Waals surface area contributed by atoms with Gasteiger partial charge in [0.25, 0.3) is 0 Å². The third kappa shape index (κ3) is 4.57. The van der Waals surface area contributed by atoms with Crippen LogP contribution in [-0.2, 0) is 0 Å². The first-order valence-electron chi connectivity index (χ1n) is 11.9. The molecule has 1 unspecified atom stereocenters. The average molecular weight is 507 g/mol. The summed E-state index contributed by atoms with van der Waals surface area (Å²) in [6.07, 6.45) is 9.01. The highest BCUT2D eigenvalue weighted by atomic mass is 35.5. The number of hydrogen-bond acceptors (Lipinski definition) is 5. The molecule has 1 aromatic heterocycles. The molecule has 4 nitrogen and oxygen atoms in total. The van der Waals surface area contributed by atoms with E-state index >= 15 is 0 Å². The maximum Gasteiger partial charge on any atom is 0.165 e. The molecule has 35 heavy (non-hydrogen) atoms. The molecule has 0 bridgehead atoms. The van der Waals surface area contributed by atoms with Gasteiger partial charge < -0.3 is 4.90 Å². The van der Waals surface area contributed by atoms with Crippen molar-refractivity contribution in [2.75, 3.05) is 6.54 Å². The number of hydrogen-bond donors (Lipinski definition) is 0. The lowest BCUT2D eigenvalue weighted by atomic mass is 9.88. The van der Waals surface area contributed by atoms with Crippen molar-refractivity contribution in [3.05, 3.63) is 98.8 Å². The Bertz CT molecular complexity index is 1300. The van der Waals surface area contributed by atoms with Gasteiger partial charge in [0.15, 0.2) is 10.8 Å². The second kappa shape index (κ2) is 9.67. The summed E-state index contributed by atoms with van der Waals surface area (Å²) >= 11 is 8.38. The Kier molecular flexibility index (Phi) is 6.60.